The Bertz CT molecular complexity index is 588. The van der Waals surface area contributed by atoms with Gasteiger partial charge in [-0.15, -0.1) is 0 Å². The molecule has 2 rings (SSSR count). The lowest BCUT2D eigenvalue weighted by atomic mass is 10.2. The van der Waals surface area contributed by atoms with Crippen LogP contribution in [0.2, 0.25) is 0 Å². The molecule has 0 saturated carbocycles. The van der Waals surface area contributed by atoms with Gasteiger partial charge < -0.3 is 4.74 Å². The third-order valence-corrected chi connectivity index (χ3v) is 2.17. The summed E-state index contributed by atoms with van der Waals surface area (Å²) in [6.07, 6.45) is 7.83. The molecule has 1 aromatic rings. The quantitative estimate of drug-likeness (QED) is 0.357. The second-order valence-corrected chi connectivity index (χ2v) is 3.80. The van der Waals surface area contributed by atoms with Gasteiger partial charge in [-0.1, -0.05) is 42.5 Å². The minimum Gasteiger partial charge on any atom is -0.387 e. The summed E-state index contributed by atoms with van der Waals surface area (Å²) in [4.78, 5) is 19.8. The highest BCUT2D eigenvalue weighted by Crippen LogP contribution is 2.01. The molecular weight excluding hydrogens is 254 g/mol. The molecule has 4 nitrogen and oxygen atoms in total. The van der Waals surface area contributed by atoms with E-state index in [-0.39, 0.29) is 0 Å². The molecule has 20 heavy (non-hydrogen) atoms. The maximum Gasteiger partial charge on any atom is 0.338 e. The number of cyclic esters (lactones) is 2. The Hall–Kier alpha value is -2.93. The molecule has 0 atom stereocenters. The molecule has 0 N–H and O–H groups in total. The SMILES string of the molecule is CC(C#N)=CC=Cc1ccccc1.O=C1C=CC(=O)O1. The van der Waals surface area contributed by atoms with Crippen molar-refractivity contribution in [3.8, 4) is 6.07 Å². The summed E-state index contributed by atoms with van der Waals surface area (Å²) in [5.41, 5.74) is 1.86. The molecule has 4 heteroatoms. The van der Waals surface area contributed by atoms with E-state index in [2.05, 4.69) is 10.8 Å². The highest BCUT2D eigenvalue weighted by Gasteiger charge is 2.10. The summed E-state index contributed by atoms with van der Waals surface area (Å²) < 4.78 is 3.97. The number of carbonyl (C=O) groups is 2. The second kappa shape index (κ2) is 8.22. The minimum atomic E-state index is -0.579. The predicted octanol–water partition coefficient (Wildman–Crippen LogP) is 2.80. The molecule has 0 fully saturated rings. The topological polar surface area (TPSA) is 67.2 Å². The van der Waals surface area contributed by atoms with Gasteiger partial charge in [0.05, 0.1) is 6.07 Å². The van der Waals surface area contributed by atoms with Gasteiger partial charge in [0.2, 0.25) is 0 Å². The first-order valence-corrected chi connectivity index (χ1v) is 5.86. The molecule has 0 aliphatic carbocycles. The molecule has 0 aromatic heterocycles. The number of carbonyl (C=O) groups excluding carboxylic acids is 2. The van der Waals surface area contributed by atoms with Crippen LogP contribution in [-0.2, 0) is 14.3 Å². The molecule has 1 aromatic carbocycles. The van der Waals surface area contributed by atoms with E-state index in [1.807, 2.05) is 42.5 Å². The van der Waals surface area contributed by atoms with Gasteiger partial charge in [0.1, 0.15) is 0 Å². The number of hydrogen-bond donors (Lipinski definition) is 0. The van der Waals surface area contributed by atoms with Crippen molar-refractivity contribution in [3.05, 3.63) is 65.8 Å². The zero-order valence-corrected chi connectivity index (χ0v) is 10.9. The van der Waals surface area contributed by atoms with Gasteiger partial charge in [-0.3, -0.25) is 0 Å². The van der Waals surface area contributed by atoms with Crippen LogP contribution in [0.5, 0.6) is 0 Å². The highest BCUT2D eigenvalue weighted by molar-refractivity contribution is 6.04. The van der Waals surface area contributed by atoms with Gasteiger partial charge in [-0.25, -0.2) is 9.59 Å². The van der Waals surface area contributed by atoms with Gasteiger partial charge in [0.25, 0.3) is 0 Å². The minimum absolute atomic E-state index is 0.579. The second-order valence-electron chi connectivity index (χ2n) is 3.80. The molecule has 0 radical (unpaired) electrons. The lowest BCUT2D eigenvalue weighted by Gasteiger charge is -1.88. The van der Waals surface area contributed by atoms with E-state index in [1.54, 1.807) is 13.0 Å². The van der Waals surface area contributed by atoms with Crippen LogP contribution in [-0.4, -0.2) is 11.9 Å². The number of nitrogens with zero attached hydrogens (tertiary/aromatic N) is 1. The molecule has 0 saturated heterocycles. The monoisotopic (exact) mass is 267 g/mol. The summed E-state index contributed by atoms with van der Waals surface area (Å²) in [5, 5.41) is 8.48. The Kier molecular flexibility index (Phi) is 6.22. The molecule has 0 unspecified atom stereocenters. The van der Waals surface area contributed by atoms with Crippen LogP contribution in [0.1, 0.15) is 12.5 Å². The number of nitriles is 1. The maximum atomic E-state index is 9.92. The Balaban J connectivity index is 0.000000240. The largest absolute Gasteiger partial charge is 0.387 e. The number of rotatable bonds is 2. The van der Waals surface area contributed by atoms with E-state index >= 15 is 0 Å². The standard InChI is InChI=1S/C12H11N.C4H2O3/c1-11(10-13)6-5-9-12-7-3-2-4-8-12;5-3-1-2-4(6)7-3/h2-9H,1H3;1-2H. The number of ether oxygens (including phenoxy) is 1. The van der Waals surface area contributed by atoms with Crippen LogP contribution in [0.15, 0.2) is 60.2 Å². The van der Waals surface area contributed by atoms with Crippen molar-refractivity contribution in [2.45, 2.75) is 6.92 Å². The van der Waals surface area contributed by atoms with Crippen molar-refractivity contribution in [1.29, 1.82) is 5.26 Å². The zero-order chi connectivity index (χ0) is 14.8. The highest BCUT2D eigenvalue weighted by atomic mass is 16.6. The van der Waals surface area contributed by atoms with Crippen LogP contribution in [0.4, 0.5) is 0 Å². The van der Waals surface area contributed by atoms with Crippen molar-refractivity contribution in [1.82, 2.24) is 0 Å². The summed E-state index contributed by atoms with van der Waals surface area (Å²) >= 11 is 0. The van der Waals surface area contributed by atoms with Crippen LogP contribution in [0, 0.1) is 11.3 Å². The molecule has 100 valence electrons. The first-order chi connectivity index (χ1) is 9.61. The molecule has 1 heterocycles. The van der Waals surface area contributed by atoms with Crippen LogP contribution >= 0.6 is 0 Å². The smallest absolute Gasteiger partial charge is 0.338 e. The van der Waals surface area contributed by atoms with E-state index in [1.165, 1.54) is 0 Å². The molecule has 1 aliphatic rings. The molecule has 0 bridgehead atoms. The Labute approximate surface area is 117 Å². The maximum absolute atomic E-state index is 9.92. The Morgan fingerprint density at radius 2 is 1.75 bits per heavy atom. The fourth-order valence-electron chi connectivity index (χ4n) is 1.21. The average molecular weight is 267 g/mol. The Morgan fingerprint density at radius 1 is 1.15 bits per heavy atom. The first-order valence-electron chi connectivity index (χ1n) is 5.86. The summed E-state index contributed by atoms with van der Waals surface area (Å²) in [7, 11) is 0. The van der Waals surface area contributed by atoms with E-state index in [0.717, 1.165) is 17.7 Å². The van der Waals surface area contributed by atoms with Gasteiger partial charge in [0.15, 0.2) is 0 Å². The average Bonchev–Trinajstić information content (AvgIpc) is 2.84. The number of benzene rings is 1. The fraction of sp³-hybridized carbons (Fsp3) is 0.0625. The lowest BCUT2D eigenvalue weighted by molar-refractivity contribution is -0.150. The summed E-state index contributed by atoms with van der Waals surface area (Å²) in [6, 6.07) is 12.1. The Morgan fingerprint density at radius 3 is 2.20 bits per heavy atom. The van der Waals surface area contributed by atoms with Crippen molar-refractivity contribution < 1.29 is 14.3 Å². The van der Waals surface area contributed by atoms with Crippen LogP contribution in [0.3, 0.4) is 0 Å². The van der Waals surface area contributed by atoms with Crippen molar-refractivity contribution >= 4 is 18.0 Å². The first kappa shape index (κ1) is 15.1. The molecule has 0 spiro atoms. The molecular formula is C16H13NO3. The third-order valence-electron chi connectivity index (χ3n) is 2.17. The number of allylic oxidation sites excluding steroid dienone is 3. The van der Waals surface area contributed by atoms with Gasteiger partial charge in [0, 0.05) is 17.7 Å². The van der Waals surface area contributed by atoms with Gasteiger partial charge in [-0.05, 0) is 18.6 Å². The van der Waals surface area contributed by atoms with Crippen LogP contribution in [0.25, 0.3) is 6.08 Å². The van der Waals surface area contributed by atoms with Crippen LogP contribution < -0.4 is 0 Å². The number of esters is 2. The lowest BCUT2D eigenvalue weighted by Crippen LogP contribution is -1.96. The molecule has 0 amide bonds. The fourth-order valence-corrected chi connectivity index (χ4v) is 1.21. The zero-order valence-electron chi connectivity index (χ0n) is 10.9. The van der Waals surface area contributed by atoms with Crippen molar-refractivity contribution in [2.75, 3.05) is 0 Å². The van der Waals surface area contributed by atoms with Gasteiger partial charge in [-0.2, -0.15) is 5.26 Å². The van der Waals surface area contributed by atoms with Crippen molar-refractivity contribution in [3.63, 3.8) is 0 Å². The number of hydrogen-bond acceptors (Lipinski definition) is 4. The molecule has 1 aliphatic heterocycles. The summed E-state index contributed by atoms with van der Waals surface area (Å²) in [5.74, 6) is -1.16. The predicted molar refractivity (Wildman–Crippen MR) is 75.1 cm³/mol. The summed E-state index contributed by atoms with van der Waals surface area (Å²) in [6.45, 7) is 1.79. The normalized spacial score (nSPS) is 13.7. The van der Waals surface area contributed by atoms with E-state index in [9.17, 15) is 9.59 Å². The van der Waals surface area contributed by atoms with Crippen molar-refractivity contribution in [2.24, 2.45) is 0 Å². The van der Waals surface area contributed by atoms with E-state index in [0.29, 0.717) is 5.57 Å². The third kappa shape index (κ3) is 6.12. The van der Waals surface area contributed by atoms with Gasteiger partial charge >= 0.3 is 11.9 Å². The van der Waals surface area contributed by atoms with E-state index in [4.69, 9.17) is 5.26 Å². The van der Waals surface area contributed by atoms with E-state index < -0.39 is 11.9 Å².